The first-order chi connectivity index (χ1) is 9.14. The molecule has 114 valence electrons. The Morgan fingerprint density at radius 1 is 1.45 bits per heavy atom. The lowest BCUT2D eigenvalue weighted by molar-refractivity contribution is -0.177. The first kappa shape index (κ1) is 15.2. The molecule has 5 atom stereocenters. The zero-order valence-corrected chi connectivity index (χ0v) is 11.9. The summed E-state index contributed by atoms with van der Waals surface area (Å²) in [7, 11) is 0. The van der Waals surface area contributed by atoms with E-state index >= 15 is 0 Å². The highest BCUT2D eigenvalue weighted by atomic mass is 16.5. The van der Waals surface area contributed by atoms with Gasteiger partial charge in [0.2, 0.25) is 5.91 Å². The number of aliphatic hydroxyl groups is 1. The lowest BCUT2D eigenvalue weighted by atomic mass is 9.48. The predicted octanol–water partition coefficient (Wildman–Crippen LogP) is -0.921. The topological polar surface area (TPSA) is 122 Å². The van der Waals surface area contributed by atoms with Crippen LogP contribution in [0.5, 0.6) is 0 Å². The Balaban J connectivity index is 2.18. The van der Waals surface area contributed by atoms with E-state index in [1.807, 2.05) is 13.8 Å². The highest BCUT2D eigenvalue weighted by Gasteiger charge is 2.71. The van der Waals surface area contributed by atoms with Gasteiger partial charge in [-0.3, -0.25) is 4.79 Å². The molecule has 0 bridgehead atoms. The molecular weight excluding hydrogens is 264 g/mol. The highest BCUT2D eigenvalue weighted by Crippen LogP contribution is 2.58. The maximum atomic E-state index is 12.5. The minimum atomic E-state index is -1.36. The maximum Gasteiger partial charge on any atom is 0.328 e. The van der Waals surface area contributed by atoms with E-state index in [-0.39, 0.29) is 12.0 Å². The molecule has 3 unspecified atom stereocenters. The van der Waals surface area contributed by atoms with Gasteiger partial charge in [0.15, 0.2) is 6.04 Å². The molecule has 0 spiro atoms. The summed E-state index contributed by atoms with van der Waals surface area (Å²) in [5.74, 6) is -1.93. The van der Waals surface area contributed by atoms with Crippen molar-refractivity contribution in [1.29, 1.82) is 0 Å². The summed E-state index contributed by atoms with van der Waals surface area (Å²) >= 11 is 0. The molecule has 1 saturated heterocycles. The van der Waals surface area contributed by atoms with Crippen molar-refractivity contribution < 1.29 is 24.5 Å². The molecule has 0 radical (unpaired) electrons. The number of carboxylic acids is 1. The lowest BCUT2D eigenvalue weighted by Gasteiger charge is -2.60. The van der Waals surface area contributed by atoms with Gasteiger partial charge in [0.05, 0.1) is 12.2 Å². The van der Waals surface area contributed by atoms with Crippen LogP contribution in [0.2, 0.25) is 0 Å². The summed E-state index contributed by atoms with van der Waals surface area (Å²) in [6.07, 6.45) is -0.586. The Hall–Kier alpha value is -1.18. The number of nitrogens with two attached hydrogens (primary N) is 1. The van der Waals surface area contributed by atoms with Crippen molar-refractivity contribution in [3.63, 3.8) is 0 Å². The van der Waals surface area contributed by atoms with Gasteiger partial charge in [0, 0.05) is 17.9 Å². The van der Waals surface area contributed by atoms with Gasteiger partial charge in [-0.2, -0.15) is 0 Å². The fraction of sp³-hybridized carbons (Fsp3) is 0.846. The van der Waals surface area contributed by atoms with Gasteiger partial charge in [-0.15, -0.1) is 0 Å². The number of aliphatic carboxylic acids is 1. The van der Waals surface area contributed by atoms with Crippen molar-refractivity contribution in [2.24, 2.45) is 17.1 Å². The summed E-state index contributed by atoms with van der Waals surface area (Å²) in [6, 6.07) is -1.36. The molecule has 7 nitrogen and oxygen atoms in total. The second-order valence-electron chi connectivity index (χ2n) is 6.31. The van der Waals surface area contributed by atoms with Crippen LogP contribution in [0.15, 0.2) is 0 Å². The quantitative estimate of drug-likeness (QED) is 0.530. The molecule has 0 aromatic carbocycles. The number of carboxylic acid groups (broad SMARTS) is 1. The molecule has 2 aliphatic rings. The molecule has 2 rings (SSSR count). The molecule has 20 heavy (non-hydrogen) atoms. The second-order valence-corrected chi connectivity index (χ2v) is 6.31. The Morgan fingerprint density at radius 2 is 2.05 bits per heavy atom. The van der Waals surface area contributed by atoms with E-state index in [0.717, 1.165) is 0 Å². The third kappa shape index (κ3) is 1.84. The Bertz CT molecular complexity index is 436. The number of fused-ring (bicyclic) bond motifs is 1. The van der Waals surface area contributed by atoms with Crippen molar-refractivity contribution in [2.45, 2.75) is 51.0 Å². The average Bonchev–Trinajstić information content (AvgIpc) is 2.81. The number of ether oxygens (including phenoxy) is 1. The maximum absolute atomic E-state index is 12.5. The summed E-state index contributed by atoms with van der Waals surface area (Å²) < 4.78 is 5.59. The van der Waals surface area contributed by atoms with Crippen LogP contribution in [0.4, 0.5) is 0 Å². The Labute approximate surface area is 117 Å². The standard InChI is InChI=1S/C13H22N2O5/c1-6(16)8(10(17)18)15-11(19)13(14)7-4-5-20-9(7)12(13,2)3/h6-9,16H,4-5,14H2,1-3H3,(H,15,19)(H,17,18)/t6-,7?,8+,9?,13?/m1/s1. The van der Waals surface area contributed by atoms with E-state index < -0.39 is 35.0 Å². The van der Waals surface area contributed by atoms with Crippen LogP contribution in [0.1, 0.15) is 27.2 Å². The molecule has 5 N–H and O–H groups in total. The van der Waals surface area contributed by atoms with Crippen molar-refractivity contribution in [3.8, 4) is 0 Å². The molecule has 1 heterocycles. The predicted molar refractivity (Wildman–Crippen MR) is 69.8 cm³/mol. The summed E-state index contributed by atoms with van der Waals surface area (Å²) in [5.41, 5.74) is 4.55. The van der Waals surface area contributed by atoms with Gasteiger partial charge in [-0.25, -0.2) is 4.79 Å². The normalized spacial score (nSPS) is 37.5. The fourth-order valence-corrected chi connectivity index (χ4v) is 3.49. The zero-order chi connectivity index (χ0) is 15.3. The third-order valence-corrected chi connectivity index (χ3v) is 4.86. The zero-order valence-electron chi connectivity index (χ0n) is 11.9. The second kappa shape index (κ2) is 4.68. The summed E-state index contributed by atoms with van der Waals surface area (Å²) in [6.45, 7) is 5.56. The molecule has 1 amide bonds. The molecule has 0 aromatic rings. The smallest absolute Gasteiger partial charge is 0.328 e. The van der Waals surface area contributed by atoms with Crippen molar-refractivity contribution >= 4 is 11.9 Å². The van der Waals surface area contributed by atoms with Crippen LogP contribution in [0, 0.1) is 11.3 Å². The number of rotatable bonds is 4. The first-order valence-corrected chi connectivity index (χ1v) is 6.76. The van der Waals surface area contributed by atoms with Crippen LogP contribution in [0.3, 0.4) is 0 Å². The van der Waals surface area contributed by atoms with Crippen LogP contribution in [0.25, 0.3) is 0 Å². The molecule has 1 saturated carbocycles. The van der Waals surface area contributed by atoms with E-state index in [0.29, 0.717) is 13.0 Å². The number of carbonyl (C=O) groups is 2. The Morgan fingerprint density at radius 3 is 2.55 bits per heavy atom. The van der Waals surface area contributed by atoms with E-state index in [2.05, 4.69) is 5.32 Å². The van der Waals surface area contributed by atoms with Gasteiger partial charge in [-0.1, -0.05) is 13.8 Å². The van der Waals surface area contributed by atoms with Gasteiger partial charge in [0.25, 0.3) is 0 Å². The largest absolute Gasteiger partial charge is 0.480 e. The Kier molecular flexibility index (Phi) is 3.56. The van der Waals surface area contributed by atoms with E-state index in [1.54, 1.807) is 0 Å². The summed E-state index contributed by atoms with van der Waals surface area (Å²) in [4.78, 5) is 23.5. The lowest BCUT2D eigenvalue weighted by Crippen LogP contribution is -2.81. The molecule has 1 aliphatic heterocycles. The van der Waals surface area contributed by atoms with Crippen LogP contribution < -0.4 is 11.1 Å². The number of amides is 1. The minimum absolute atomic E-state index is 0.0759. The number of hydrogen-bond donors (Lipinski definition) is 4. The fourth-order valence-electron chi connectivity index (χ4n) is 3.49. The number of aliphatic hydroxyl groups excluding tert-OH is 1. The van der Waals surface area contributed by atoms with Gasteiger partial charge < -0.3 is 26.0 Å². The highest BCUT2D eigenvalue weighted by molar-refractivity contribution is 5.92. The van der Waals surface area contributed by atoms with Crippen molar-refractivity contribution in [1.82, 2.24) is 5.32 Å². The molecule has 7 heteroatoms. The first-order valence-electron chi connectivity index (χ1n) is 6.76. The average molecular weight is 286 g/mol. The monoisotopic (exact) mass is 286 g/mol. The number of hydrogen-bond acceptors (Lipinski definition) is 5. The van der Waals surface area contributed by atoms with Crippen molar-refractivity contribution in [2.75, 3.05) is 6.61 Å². The van der Waals surface area contributed by atoms with Crippen LogP contribution in [-0.4, -0.2) is 52.5 Å². The number of carbonyl (C=O) groups excluding carboxylic acids is 1. The molecular formula is C13H22N2O5. The van der Waals surface area contributed by atoms with E-state index in [1.165, 1.54) is 6.92 Å². The van der Waals surface area contributed by atoms with E-state index in [9.17, 15) is 14.7 Å². The molecule has 1 aliphatic carbocycles. The minimum Gasteiger partial charge on any atom is -0.480 e. The van der Waals surface area contributed by atoms with Crippen LogP contribution >= 0.6 is 0 Å². The SMILES string of the molecule is C[C@@H](O)[C@H](NC(=O)C1(N)C2CCOC2C1(C)C)C(=O)O. The van der Waals surface area contributed by atoms with E-state index in [4.69, 9.17) is 15.6 Å². The number of nitrogens with one attached hydrogen (secondary N) is 1. The summed E-state index contributed by atoms with van der Waals surface area (Å²) in [5, 5.41) is 20.8. The molecule has 2 fully saturated rings. The van der Waals surface area contributed by atoms with Gasteiger partial charge in [0.1, 0.15) is 5.54 Å². The molecule has 0 aromatic heterocycles. The third-order valence-electron chi connectivity index (χ3n) is 4.86. The van der Waals surface area contributed by atoms with Gasteiger partial charge >= 0.3 is 5.97 Å². The van der Waals surface area contributed by atoms with Gasteiger partial charge in [-0.05, 0) is 13.3 Å². The van der Waals surface area contributed by atoms with Crippen molar-refractivity contribution in [3.05, 3.63) is 0 Å². The van der Waals surface area contributed by atoms with Crippen LogP contribution in [-0.2, 0) is 14.3 Å².